The molecule has 3 aromatic rings. The van der Waals surface area contributed by atoms with E-state index in [0.717, 1.165) is 29.9 Å². The third-order valence-electron chi connectivity index (χ3n) is 5.97. The Kier molecular flexibility index (Phi) is 7.20. The van der Waals surface area contributed by atoms with E-state index in [9.17, 15) is 4.79 Å². The summed E-state index contributed by atoms with van der Waals surface area (Å²) in [6.45, 7) is 2.60. The number of Topliss-reactive ketones (excluding diaryl/α,β-unsaturated/α-hetero) is 1. The molecule has 1 aliphatic rings. The molecule has 3 aromatic carbocycles. The third-order valence-corrected chi connectivity index (χ3v) is 6.36. The highest BCUT2D eigenvalue weighted by Crippen LogP contribution is 2.33. The van der Waals surface area contributed by atoms with Gasteiger partial charge in [-0.2, -0.15) is 0 Å². The second-order valence-corrected chi connectivity index (χ2v) is 8.53. The molecule has 1 aliphatic heterocycles. The number of benzene rings is 3. The Morgan fingerprint density at radius 1 is 0.970 bits per heavy atom. The van der Waals surface area contributed by atoms with Crippen LogP contribution in [0.4, 0.5) is 0 Å². The van der Waals surface area contributed by atoms with Gasteiger partial charge in [0.1, 0.15) is 5.75 Å². The number of nitrogens with one attached hydrogen (secondary N) is 1. The summed E-state index contributed by atoms with van der Waals surface area (Å²) in [4.78, 5) is 15.3. The predicted octanol–water partition coefficient (Wildman–Crippen LogP) is 5.72. The molecule has 0 saturated carbocycles. The molecule has 0 aromatic heterocycles. The van der Waals surface area contributed by atoms with E-state index in [1.807, 2.05) is 79.5 Å². The molecule has 0 radical (unpaired) electrons. The fraction of sp³-hybridized carbons (Fsp3) is 0.214. The second-order valence-electron chi connectivity index (χ2n) is 8.14. The molecule has 0 amide bonds. The number of hydrogen-bond acceptors (Lipinski definition) is 3. The molecule has 4 rings (SSSR count). The maximum atomic E-state index is 13.4. The number of carbonyl (C=O) groups excluding carboxylic acids is 1. The van der Waals surface area contributed by atoms with Gasteiger partial charge in [0.05, 0.1) is 12.6 Å². The van der Waals surface area contributed by atoms with Crippen LogP contribution in [0.25, 0.3) is 0 Å². The number of ether oxygens (including phenoxy) is 1. The van der Waals surface area contributed by atoms with Crippen molar-refractivity contribution in [3.8, 4) is 5.75 Å². The highest BCUT2D eigenvalue weighted by atomic mass is 32.1. The highest BCUT2D eigenvalue weighted by Gasteiger charge is 2.32. The number of thiocarbonyl (C=S) groups is 1. The van der Waals surface area contributed by atoms with E-state index in [4.69, 9.17) is 17.0 Å². The number of rotatable bonds is 8. The minimum Gasteiger partial charge on any atom is -0.494 e. The topological polar surface area (TPSA) is 41.6 Å². The maximum Gasteiger partial charge on any atom is 0.193 e. The van der Waals surface area contributed by atoms with Crippen LogP contribution in [0.3, 0.4) is 0 Å². The van der Waals surface area contributed by atoms with Crippen molar-refractivity contribution in [1.82, 2.24) is 10.2 Å². The Morgan fingerprint density at radius 3 is 2.27 bits per heavy atom. The molecule has 0 saturated heterocycles. The zero-order chi connectivity index (χ0) is 23.2. The SMILES string of the molecule is CC1=C(C(=O)c2ccccc2)C(c2ccc(OCCCc3ccccc3)cc2)NC(=S)N1C. The van der Waals surface area contributed by atoms with Crippen molar-refractivity contribution in [3.63, 3.8) is 0 Å². The van der Waals surface area contributed by atoms with Crippen molar-refractivity contribution in [2.75, 3.05) is 13.7 Å². The van der Waals surface area contributed by atoms with Crippen molar-refractivity contribution >= 4 is 23.1 Å². The molecule has 1 atom stereocenters. The largest absolute Gasteiger partial charge is 0.494 e. The average molecular weight is 457 g/mol. The van der Waals surface area contributed by atoms with E-state index in [1.54, 1.807) is 0 Å². The van der Waals surface area contributed by atoms with Crippen molar-refractivity contribution in [2.45, 2.75) is 25.8 Å². The number of nitrogens with zero attached hydrogens (tertiary/aromatic N) is 1. The van der Waals surface area contributed by atoms with Gasteiger partial charge in [-0.1, -0.05) is 72.8 Å². The molecular weight excluding hydrogens is 428 g/mol. The molecule has 0 spiro atoms. The Hall–Kier alpha value is -3.44. The van der Waals surface area contributed by atoms with Crippen LogP contribution >= 0.6 is 12.2 Å². The van der Waals surface area contributed by atoms with Gasteiger partial charge in [0, 0.05) is 23.9 Å². The smallest absolute Gasteiger partial charge is 0.193 e. The quantitative estimate of drug-likeness (QED) is 0.267. The van der Waals surface area contributed by atoms with Gasteiger partial charge in [0.25, 0.3) is 0 Å². The van der Waals surface area contributed by atoms with E-state index in [-0.39, 0.29) is 11.8 Å². The highest BCUT2D eigenvalue weighted by molar-refractivity contribution is 7.80. The first-order chi connectivity index (χ1) is 16.0. The molecule has 33 heavy (non-hydrogen) atoms. The lowest BCUT2D eigenvalue weighted by Gasteiger charge is -2.36. The van der Waals surface area contributed by atoms with Crippen molar-refractivity contribution in [3.05, 3.63) is 113 Å². The van der Waals surface area contributed by atoms with Crippen LogP contribution in [0.2, 0.25) is 0 Å². The lowest BCUT2D eigenvalue weighted by molar-refractivity contribution is 0.102. The van der Waals surface area contributed by atoms with Crippen molar-refractivity contribution in [2.24, 2.45) is 0 Å². The van der Waals surface area contributed by atoms with Gasteiger partial charge in [-0.25, -0.2) is 0 Å². The molecular formula is C28H28N2O2S. The van der Waals surface area contributed by atoms with Crippen molar-refractivity contribution < 1.29 is 9.53 Å². The van der Waals surface area contributed by atoms with Gasteiger partial charge in [0.15, 0.2) is 10.9 Å². The molecule has 1 unspecified atom stereocenters. The summed E-state index contributed by atoms with van der Waals surface area (Å²) in [6, 6.07) is 27.4. The van der Waals surface area contributed by atoms with Crippen molar-refractivity contribution in [1.29, 1.82) is 0 Å². The van der Waals surface area contributed by atoms with Gasteiger partial charge in [-0.15, -0.1) is 0 Å². The summed E-state index contributed by atoms with van der Waals surface area (Å²) < 4.78 is 5.94. The Morgan fingerprint density at radius 2 is 1.61 bits per heavy atom. The number of carbonyl (C=O) groups is 1. The Labute approximate surface area is 200 Å². The third kappa shape index (κ3) is 5.32. The van der Waals surface area contributed by atoms with E-state index >= 15 is 0 Å². The number of allylic oxidation sites excluding steroid dienone is 1. The lowest BCUT2D eigenvalue weighted by atomic mass is 9.89. The molecule has 0 aliphatic carbocycles. The summed E-state index contributed by atoms with van der Waals surface area (Å²) in [6.07, 6.45) is 1.94. The Balaban J connectivity index is 1.48. The van der Waals surface area contributed by atoms with Gasteiger partial charge >= 0.3 is 0 Å². The van der Waals surface area contributed by atoms with E-state index in [1.165, 1.54) is 5.56 Å². The summed E-state index contributed by atoms with van der Waals surface area (Å²) >= 11 is 5.52. The van der Waals surface area contributed by atoms with Crippen LogP contribution in [0.1, 0.15) is 40.9 Å². The minimum atomic E-state index is -0.312. The maximum absolute atomic E-state index is 13.4. The Bertz CT molecular complexity index is 1140. The summed E-state index contributed by atoms with van der Waals surface area (Å²) in [7, 11) is 1.88. The fourth-order valence-corrected chi connectivity index (χ4v) is 4.25. The van der Waals surface area contributed by atoms with Crippen LogP contribution in [-0.4, -0.2) is 29.5 Å². The van der Waals surface area contributed by atoms with Gasteiger partial charge in [-0.3, -0.25) is 4.79 Å². The zero-order valence-corrected chi connectivity index (χ0v) is 19.8. The lowest BCUT2D eigenvalue weighted by Crippen LogP contribution is -2.45. The summed E-state index contributed by atoms with van der Waals surface area (Å²) in [5.41, 5.74) is 4.52. The van der Waals surface area contributed by atoms with Crippen LogP contribution in [0.15, 0.2) is 96.2 Å². The standard InChI is InChI=1S/C28H28N2O2S/c1-20-25(27(31)23-13-7-4-8-14-23)26(29-28(33)30(20)2)22-15-17-24(18-16-22)32-19-9-12-21-10-5-3-6-11-21/h3-8,10-11,13-18,26H,9,12,19H2,1-2H3,(H,29,33). The number of hydrogen-bond donors (Lipinski definition) is 1. The fourth-order valence-electron chi connectivity index (χ4n) is 3.99. The first-order valence-corrected chi connectivity index (χ1v) is 11.6. The van der Waals surface area contributed by atoms with Gasteiger partial charge in [-0.05, 0) is 55.2 Å². The first kappa shape index (κ1) is 22.7. The summed E-state index contributed by atoms with van der Waals surface area (Å²) in [5.74, 6) is 0.820. The zero-order valence-electron chi connectivity index (χ0n) is 19.0. The molecule has 0 fully saturated rings. The molecule has 1 heterocycles. The molecule has 4 nitrogen and oxygen atoms in total. The second kappa shape index (κ2) is 10.5. The summed E-state index contributed by atoms with van der Waals surface area (Å²) in [5, 5.41) is 3.94. The predicted molar refractivity (Wildman–Crippen MR) is 136 cm³/mol. The van der Waals surface area contributed by atoms with Gasteiger partial charge in [0.2, 0.25) is 0 Å². The minimum absolute atomic E-state index is 0.00110. The monoisotopic (exact) mass is 456 g/mol. The molecule has 168 valence electrons. The molecule has 1 N–H and O–H groups in total. The molecule has 0 bridgehead atoms. The number of aryl methyl sites for hydroxylation is 1. The van der Waals surface area contributed by atoms with E-state index in [0.29, 0.717) is 22.9 Å². The van der Waals surface area contributed by atoms with Crippen LogP contribution in [0.5, 0.6) is 5.75 Å². The first-order valence-electron chi connectivity index (χ1n) is 11.2. The number of ketones is 1. The normalized spacial score (nSPS) is 15.9. The average Bonchev–Trinajstić information content (AvgIpc) is 2.86. The van der Waals surface area contributed by atoms with Crippen LogP contribution < -0.4 is 10.1 Å². The van der Waals surface area contributed by atoms with Crippen LogP contribution in [0, 0.1) is 0 Å². The van der Waals surface area contributed by atoms with Crippen LogP contribution in [-0.2, 0) is 6.42 Å². The van der Waals surface area contributed by atoms with Gasteiger partial charge < -0.3 is 15.0 Å². The van der Waals surface area contributed by atoms with E-state index in [2.05, 4.69) is 29.6 Å². The van der Waals surface area contributed by atoms with E-state index < -0.39 is 0 Å². The molecule has 5 heteroatoms.